The van der Waals surface area contributed by atoms with Crippen molar-refractivity contribution in [2.24, 2.45) is 0 Å². The number of morpholine rings is 1. The molecule has 1 amide bonds. The number of ether oxygens (including phenoxy) is 1. The Kier molecular flexibility index (Phi) is 5.13. The van der Waals surface area contributed by atoms with Crippen LogP contribution in [-0.4, -0.2) is 59.5 Å². The number of hydrogen-bond acceptors (Lipinski definition) is 5. The van der Waals surface area contributed by atoms with Crippen LogP contribution in [0.25, 0.3) is 0 Å². The van der Waals surface area contributed by atoms with E-state index in [2.05, 4.69) is 15.4 Å². The van der Waals surface area contributed by atoms with Gasteiger partial charge in [-0.1, -0.05) is 0 Å². The van der Waals surface area contributed by atoms with Crippen molar-refractivity contribution in [3.05, 3.63) is 0 Å². The number of amides is 1. The van der Waals surface area contributed by atoms with E-state index in [0.29, 0.717) is 19.8 Å². The van der Waals surface area contributed by atoms with E-state index in [0.717, 1.165) is 0 Å². The minimum atomic E-state index is -3.26. The van der Waals surface area contributed by atoms with Crippen LogP contribution < -0.4 is 15.4 Å². The largest absolute Gasteiger partial charge is 0.378 e. The molecule has 0 aromatic carbocycles. The maximum absolute atomic E-state index is 11.5. The summed E-state index contributed by atoms with van der Waals surface area (Å²) in [7, 11) is -1.92. The van der Waals surface area contributed by atoms with E-state index >= 15 is 0 Å². The molecule has 0 bridgehead atoms. The van der Waals surface area contributed by atoms with Crippen molar-refractivity contribution in [2.75, 3.05) is 39.1 Å². The molecule has 1 heterocycles. The van der Waals surface area contributed by atoms with Crippen LogP contribution in [-0.2, 0) is 19.6 Å². The summed E-state index contributed by atoms with van der Waals surface area (Å²) in [5.74, 6) is -0.353. The van der Waals surface area contributed by atoms with Crippen LogP contribution in [0.2, 0.25) is 0 Å². The Hall–Kier alpha value is -0.700. The summed E-state index contributed by atoms with van der Waals surface area (Å²) in [5.41, 5.74) is 0. The van der Waals surface area contributed by atoms with E-state index in [-0.39, 0.29) is 24.2 Å². The highest BCUT2D eigenvalue weighted by atomic mass is 32.2. The molecule has 1 unspecified atom stereocenters. The second-order valence-electron chi connectivity index (χ2n) is 3.40. The van der Waals surface area contributed by atoms with Crippen molar-refractivity contribution in [3.63, 3.8) is 0 Å². The van der Waals surface area contributed by atoms with Crippen molar-refractivity contribution in [1.29, 1.82) is 0 Å². The van der Waals surface area contributed by atoms with Gasteiger partial charge in [-0.25, -0.2) is 13.1 Å². The summed E-state index contributed by atoms with van der Waals surface area (Å²) in [6.07, 6.45) is 0. The van der Waals surface area contributed by atoms with Crippen molar-refractivity contribution >= 4 is 15.9 Å². The molecular formula is C8H17N3O4S. The topological polar surface area (TPSA) is 96.5 Å². The lowest BCUT2D eigenvalue weighted by molar-refractivity contribution is -0.125. The summed E-state index contributed by atoms with van der Waals surface area (Å²) in [5, 5.41) is 5.52. The first-order valence-electron chi connectivity index (χ1n) is 5.05. The quantitative estimate of drug-likeness (QED) is 0.508. The molecule has 0 aromatic rings. The SMILES string of the molecule is CNS(=O)(=O)CCNC(=O)C1COCCN1. The van der Waals surface area contributed by atoms with E-state index < -0.39 is 10.0 Å². The van der Waals surface area contributed by atoms with Crippen LogP contribution in [0.15, 0.2) is 0 Å². The van der Waals surface area contributed by atoms with Gasteiger partial charge in [0.1, 0.15) is 6.04 Å². The summed E-state index contributed by atoms with van der Waals surface area (Å²) in [6.45, 7) is 1.65. The van der Waals surface area contributed by atoms with Gasteiger partial charge in [-0.2, -0.15) is 0 Å². The third-order valence-electron chi connectivity index (χ3n) is 2.22. The Morgan fingerprint density at radius 1 is 1.56 bits per heavy atom. The number of carbonyl (C=O) groups is 1. The Bertz CT molecular complexity index is 324. The molecule has 0 saturated carbocycles. The van der Waals surface area contributed by atoms with E-state index in [1.807, 2.05) is 0 Å². The molecule has 1 fully saturated rings. The van der Waals surface area contributed by atoms with Gasteiger partial charge in [0.15, 0.2) is 0 Å². The highest BCUT2D eigenvalue weighted by Crippen LogP contribution is 1.92. The third kappa shape index (κ3) is 4.44. The first kappa shape index (κ1) is 13.4. The lowest BCUT2D eigenvalue weighted by atomic mass is 10.2. The second kappa shape index (κ2) is 6.14. The van der Waals surface area contributed by atoms with Gasteiger partial charge < -0.3 is 15.4 Å². The molecule has 1 saturated heterocycles. The molecular weight excluding hydrogens is 234 g/mol. The molecule has 3 N–H and O–H groups in total. The van der Waals surface area contributed by atoms with Gasteiger partial charge in [0.05, 0.1) is 19.0 Å². The molecule has 0 radical (unpaired) electrons. The summed E-state index contributed by atoms with van der Waals surface area (Å²) in [6, 6.07) is -0.383. The number of rotatable bonds is 5. The molecule has 8 heteroatoms. The number of carbonyl (C=O) groups excluding carboxylic acids is 1. The molecule has 7 nitrogen and oxygen atoms in total. The van der Waals surface area contributed by atoms with Crippen LogP contribution in [0, 0.1) is 0 Å². The number of sulfonamides is 1. The fraction of sp³-hybridized carbons (Fsp3) is 0.875. The van der Waals surface area contributed by atoms with Crippen molar-refractivity contribution in [2.45, 2.75) is 6.04 Å². The molecule has 1 rings (SSSR count). The molecule has 94 valence electrons. The normalized spacial score (nSPS) is 21.7. The van der Waals surface area contributed by atoms with Crippen LogP contribution in [0.3, 0.4) is 0 Å². The van der Waals surface area contributed by atoms with Gasteiger partial charge >= 0.3 is 0 Å². The zero-order chi connectivity index (χ0) is 12.0. The maximum atomic E-state index is 11.5. The minimum Gasteiger partial charge on any atom is -0.378 e. The molecule has 16 heavy (non-hydrogen) atoms. The summed E-state index contributed by atoms with van der Waals surface area (Å²) < 4.78 is 29.4. The van der Waals surface area contributed by atoms with Crippen LogP contribution >= 0.6 is 0 Å². The highest BCUT2D eigenvalue weighted by molar-refractivity contribution is 7.89. The Labute approximate surface area is 95.0 Å². The van der Waals surface area contributed by atoms with Crippen LogP contribution in [0.5, 0.6) is 0 Å². The fourth-order valence-electron chi connectivity index (χ4n) is 1.27. The monoisotopic (exact) mass is 251 g/mol. The Morgan fingerprint density at radius 2 is 2.31 bits per heavy atom. The summed E-state index contributed by atoms with van der Waals surface area (Å²) >= 11 is 0. The number of hydrogen-bond donors (Lipinski definition) is 3. The summed E-state index contributed by atoms with van der Waals surface area (Å²) in [4.78, 5) is 11.5. The highest BCUT2D eigenvalue weighted by Gasteiger charge is 2.20. The smallest absolute Gasteiger partial charge is 0.239 e. The van der Waals surface area contributed by atoms with Crippen LogP contribution in [0.4, 0.5) is 0 Å². The van der Waals surface area contributed by atoms with Gasteiger partial charge in [0.2, 0.25) is 15.9 Å². The lowest BCUT2D eigenvalue weighted by Gasteiger charge is -2.22. The lowest BCUT2D eigenvalue weighted by Crippen LogP contribution is -2.52. The van der Waals surface area contributed by atoms with Gasteiger partial charge in [-0.15, -0.1) is 0 Å². The van der Waals surface area contributed by atoms with E-state index in [1.54, 1.807) is 0 Å². The third-order valence-corrected chi connectivity index (χ3v) is 3.58. The molecule has 1 aliphatic heterocycles. The van der Waals surface area contributed by atoms with Gasteiger partial charge in [-0.3, -0.25) is 4.79 Å². The molecule has 0 aromatic heterocycles. The Balaban J connectivity index is 2.24. The predicted molar refractivity (Wildman–Crippen MR) is 58.5 cm³/mol. The first-order valence-corrected chi connectivity index (χ1v) is 6.70. The zero-order valence-electron chi connectivity index (χ0n) is 9.15. The minimum absolute atomic E-state index is 0.0974. The van der Waals surface area contributed by atoms with Crippen molar-refractivity contribution in [3.8, 4) is 0 Å². The predicted octanol–water partition coefficient (Wildman–Crippen LogP) is -2.36. The van der Waals surface area contributed by atoms with Gasteiger partial charge in [0, 0.05) is 13.1 Å². The maximum Gasteiger partial charge on any atom is 0.239 e. The average molecular weight is 251 g/mol. The average Bonchev–Trinajstić information content (AvgIpc) is 2.30. The van der Waals surface area contributed by atoms with Gasteiger partial charge in [-0.05, 0) is 7.05 Å². The zero-order valence-corrected chi connectivity index (χ0v) is 9.97. The second-order valence-corrected chi connectivity index (χ2v) is 5.44. The van der Waals surface area contributed by atoms with Gasteiger partial charge in [0.25, 0.3) is 0 Å². The Morgan fingerprint density at radius 3 is 2.88 bits per heavy atom. The molecule has 0 aliphatic carbocycles. The standard InChI is InChI=1S/C8H17N3O4S/c1-9-16(13,14)5-3-11-8(12)7-6-15-4-2-10-7/h7,9-10H,2-6H2,1H3,(H,11,12). The fourth-order valence-corrected chi connectivity index (χ4v) is 1.84. The van der Waals surface area contributed by atoms with E-state index in [9.17, 15) is 13.2 Å². The van der Waals surface area contributed by atoms with E-state index in [1.165, 1.54) is 7.05 Å². The van der Waals surface area contributed by atoms with E-state index in [4.69, 9.17) is 4.74 Å². The van der Waals surface area contributed by atoms with Crippen molar-refractivity contribution < 1.29 is 17.9 Å². The molecule has 1 aliphatic rings. The molecule has 0 spiro atoms. The van der Waals surface area contributed by atoms with Crippen molar-refractivity contribution in [1.82, 2.24) is 15.4 Å². The first-order chi connectivity index (χ1) is 7.55. The van der Waals surface area contributed by atoms with Crippen LogP contribution in [0.1, 0.15) is 0 Å². The number of nitrogens with one attached hydrogen (secondary N) is 3. The molecule has 1 atom stereocenters.